The summed E-state index contributed by atoms with van der Waals surface area (Å²) in [7, 11) is 0. The molecule has 3 rings (SSSR count). The van der Waals surface area contributed by atoms with Crippen LogP contribution in [0.5, 0.6) is 0 Å². The van der Waals surface area contributed by atoms with Gasteiger partial charge < -0.3 is 25.6 Å². The van der Waals surface area contributed by atoms with Gasteiger partial charge in [0, 0.05) is 26.2 Å². The Labute approximate surface area is 131 Å². The minimum Gasteiger partial charge on any atom is -0.371 e. The molecule has 1 atom stereocenters. The Morgan fingerprint density at radius 3 is 2.68 bits per heavy atom. The number of morpholine rings is 1. The van der Waals surface area contributed by atoms with E-state index in [2.05, 4.69) is 5.32 Å². The molecule has 3 aliphatic rings. The first kappa shape index (κ1) is 15.6. The summed E-state index contributed by atoms with van der Waals surface area (Å²) in [6.45, 7) is 4.96. The maximum atomic E-state index is 12.8. The summed E-state index contributed by atoms with van der Waals surface area (Å²) in [5.41, 5.74) is 5.19. The van der Waals surface area contributed by atoms with Gasteiger partial charge in [-0.3, -0.25) is 4.79 Å². The summed E-state index contributed by atoms with van der Waals surface area (Å²) >= 11 is 0. The van der Waals surface area contributed by atoms with E-state index >= 15 is 0 Å². The van der Waals surface area contributed by atoms with Crippen LogP contribution in [0.2, 0.25) is 0 Å². The number of nitrogens with one attached hydrogen (secondary N) is 1. The Morgan fingerprint density at radius 1 is 1.18 bits per heavy atom. The van der Waals surface area contributed by atoms with E-state index in [1.165, 1.54) is 0 Å². The van der Waals surface area contributed by atoms with E-state index in [9.17, 15) is 9.59 Å². The van der Waals surface area contributed by atoms with Crippen LogP contribution in [0.3, 0.4) is 0 Å². The smallest absolute Gasteiger partial charge is 0.314 e. The zero-order valence-corrected chi connectivity index (χ0v) is 13.1. The Balaban J connectivity index is 1.62. The van der Waals surface area contributed by atoms with E-state index in [0.717, 1.165) is 38.8 Å². The number of amides is 3. The molecule has 3 saturated heterocycles. The van der Waals surface area contributed by atoms with Crippen LogP contribution < -0.4 is 11.1 Å². The van der Waals surface area contributed by atoms with E-state index < -0.39 is 6.03 Å². The number of ether oxygens (including phenoxy) is 1. The molecular formula is C15H26N4O3. The number of carbonyl (C=O) groups is 2. The maximum Gasteiger partial charge on any atom is 0.314 e. The summed E-state index contributed by atoms with van der Waals surface area (Å²) in [6.07, 6.45) is 3.59. The molecule has 0 aromatic heterocycles. The van der Waals surface area contributed by atoms with Gasteiger partial charge in [-0.15, -0.1) is 0 Å². The van der Waals surface area contributed by atoms with Gasteiger partial charge in [0.15, 0.2) is 0 Å². The molecule has 1 spiro atoms. The van der Waals surface area contributed by atoms with Gasteiger partial charge in [0.1, 0.15) is 0 Å². The van der Waals surface area contributed by atoms with Gasteiger partial charge in [-0.05, 0) is 38.8 Å². The fraction of sp³-hybridized carbons (Fsp3) is 0.867. The molecule has 1 unspecified atom stereocenters. The van der Waals surface area contributed by atoms with Crippen LogP contribution in [0.15, 0.2) is 0 Å². The number of urea groups is 1. The second-order valence-corrected chi connectivity index (χ2v) is 6.66. The van der Waals surface area contributed by atoms with Crippen molar-refractivity contribution in [3.8, 4) is 0 Å². The van der Waals surface area contributed by atoms with Gasteiger partial charge in [-0.1, -0.05) is 0 Å². The largest absolute Gasteiger partial charge is 0.371 e. The lowest BCUT2D eigenvalue weighted by molar-refractivity contribution is -0.159. The predicted molar refractivity (Wildman–Crippen MR) is 81.2 cm³/mol. The van der Waals surface area contributed by atoms with Crippen molar-refractivity contribution in [1.29, 1.82) is 0 Å². The minimum absolute atomic E-state index is 0.113. The van der Waals surface area contributed by atoms with E-state index in [1.807, 2.05) is 4.90 Å². The number of hydrogen-bond donors (Lipinski definition) is 2. The highest BCUT2D eigenvalue weighted by atomic mass is 16.5. The minimum atomic E-state index is -0.422. The van der Waals surface area contributed by atoms with Gasteiger partial charge >= 0.3 is 6.03 Å². The number of hydrogen-bond acceptors (Lipinski definition) is 4. The Kier molecular flexibility index (Phi) is 4.54. The average molecular weight is 310 g/mol. The molecule has 0 saturated carbocycles. The molecule has 0 bridgehead atoms. The van der Waals surface area contributed by atoms with E-state index in [0.29, 0.717) is 32.8 Å². The summed E-state index contributed by atoms with van der Waals surface area (Å²) in [6, 6.07) is -0.422. The lowest BCUT2D eigenvalue weighted by atomic mass is 9.89. The van der Waals surface area contributed by atoms with Crippen LogP contribution in [0.25, 0.3) is 0 Å². The van der Waals surface area contributed by atoms with Crippen LogP contribution >= 0.6 is 0 Å². The number of piperidine rings is 2. The first-order valence-electron chi connectivity index (χ1n) is 8.27. The molecule has 3 amide bonds. The quantitative estimate of drug-likeness (QED) is 0.699. The molecule has 0 radical (unpaired) electrons. The third-order valence-corrected chi connectivity index (χ3v) is 5.16. The number of rotatable bonds is 1. The highest BCUT2D eigenvalue weighted by molar-refractivity contribution is 5.80. The summed E-state index contributed by atoms with van der Waals surface area (Å²) in [5, 5.41) is 3.34. The number of nitrogens with zero attached hydrogens (tertiary/aromatic N) is 2. The van der Waals surface area contributed by atoms with Crippen LogP contribution in [0.4, 0.5) is 4.79 Å². The van der Waals surface area contributed by atoms with Gasteiger partial charge in [-0.25, -0.2) is 4.79 Å². The number of primary amides is 1. The van der Waals surface area contributed by atoms with E-state index in [-0.39, 0.29) is 17.4 Å². The average Bonchev–Trinajstić information content (AvgIpc) is 2.55. The Bertz CT molecular complexity index is 431. The molecular weight excluding hydrogens is 284 g/mol. The second-order valence-electron chi connectivity index (χ2n) is 6.66. The van der Waals surface area contributed by atoms with Gasteiger partial charge in [0.05, 0.1) is 18.1 Å². The predicted octanol–water partition coefficient (Wildman–Crippen LogP) is -0.242. The topological polar surface area (TPSA) is 87.9 Å². The molecule has 0 aromatic rings. The third-order valence-electron chi connectivity index (χ3n) is 5.16. The number of nitrogens with two attached hydrogens (primary N) is 1. The molecule has 3 aliphatic heterocycles. The molecule has 124 valence electrons. The number of carbonyl (C=O) groups excluding carboxylic acids is 2. The van der Waals surface area contributed by atoms with Crippen molar-refractivity contribution in [2.75, 3.05) is 45.9 Å². The molecule has 3 heterocycles. The second kappa shape index (κ2) is 6.42. The highest BCUT2D eigenvalue weighted by Crippen LogP contribution is 2.29. The van der Waals surface area contributed by atoms with E-state index in [4.69, 9.17) is 10.5 Å². The van der Waals surface area contributed by atoms with Crippen molar-refractivity contribution >= 4 is 11.9 Å². The highest BCUT2D eigenvalue weighted by Gasteiger charge is 2.41. The molecule has 0 aromatic carbocycles. The van der Waals surface area contributed by atoms with Crippen molar-refractivity contribution < 1.29 is 14.3 Å². The molecule has 22 heavy (non-hydrogen) atoms. The van der Waals surface area contributed by atoms with Gasteiger partial charge in [0.2, 0.25) is 5.91 Å². The zero-order valence-electron chi connectivity index (χ0n) is 13.1. The van der Waals surface area contributed by atoms with Gasteiger partial charge in [-0.2, -0.15) is 0 Å². The summed E-state index contributed by atoms with van der Waals surface area (Å²) in [4.78, 5) is 27.7. The van der Waals surface area contributed by atoms with Crippen LogP contribution in [-0.2, 0) is 9.53 Å². The first-order chi connectivity index (χ1) is 10.6. The Morgan fingerprint density at radius 2 is 1.95 bits per heavy atom. The van der Waals surface area contributed by atoms with E-state index in [1.54, 1.807) is 4.90 Å². The van der Waals surface area contributed by atoms with Crippen LogP contribution in [0, 0.1) is 5.92 Å². The fourth-order valence-corrected chi connectivity index (χ4v) is 3.85. The first-order valence-corrected chi connectivity index (χ1v) is 8.27. The van der Waals surface area contributed by atoms with Crippen LogP contribution in [0.1, 0.15) is 25.7 Å². The number of likely N-dealkylation sites (tertiary alicyclic amines) is 1. The SMILES string of the molecule is NC(=O)N1CCCC(C(=O)N2CCOC3(CCNCC3)C2)C1. The molecule has 0 aliphatic carbocycles. The molecule has 3 fully saturated rings. The van der Waals surface area contributed by atoms with Crippen molar-refractivity contribution in [2.45, 2.75) is 31.3 Å². The van der Waals surface area contributed by atoms with Crippen molar-refractivity contribution in [2.24, 2.45) is 11.7 Å². The zero-order chi connectivity index (χ0) is 15.6. The Hall–Kier alpha value is -1.34. The van der Waals surface area contributed by atoms with Crippen molar-refractivity contribution in [3.63, 3.8) is 0 Å². The lowest BCUT2D eigenvalue weighted by Crippen LogP contribution is -2.59. The molecule has 7 heteroatoms. The van der Waals surface area contributed by atoms with Crippen molar-refractivity contribution in [3.05, 3.63) is 0 Å². The maximum absolute atomic E-state index is 12.8. The van der Waals surface area contributed by atoms with Crippen molar-refractivity contribution in [1.82, 2.24) is 15.1 Å². The normalized spacial score (nSPS) is 28.6. The lowest BCUT2D eigenvalue weighted by Gasteiger charge is -2.46. The fourth-order valence-electron chi connectivity index (χ4n) is 3.85. The standard InChI is InChI=1S/C15H26N4O3/c16-14(21)18-7-1-2-12(10-18)13(20)19-8-9-22-15(11-19)3-5-17-6-4-15/h12,17H,1-11H2,(H2,16,21). The third kappa shape index (κ3) is 3.20. The van der Waals surface area contributed by atoms with Crippen LogP contribution in [-0.4, -0.2) is 73.2 Å². The monoisotopic (exact) mass is 310 g/mol. The molecule has 7 nitrogen and oxygen atoms in total. The molecule has 3 N–H and O–H groups in total. The summed E-state index contributed by atoms with van der Waals surface area (Å²) < 4.78 is 6.02. The van der Waals surface area contributed by atoms with Gasteiger partial charge in [0.25, 0.3) is 0 Å². The summed E-state index contributed by atoms with van der Waals surface area (Å²) in [5.74, 6) is 0.0465.